The first kappa shape index (κ1) is 23.7. The van der Waals surface area contributed by atoms with Gasteiger partial charge >= 0.3 is 0 Å². The Bertz CT molecular complexity index is 834. The van der Waals surface area contributed by atoms with E-state index in [4.69, 9.17) is 11.6 Å². The lowest BCUT2D eigenvalue weighted by molar-refractivity contribution is 0.197. The molecule has 2 aromatic heterocycles. The number of fused-ring (bicyclic) bond motifs is 1. The standard InChI is InChI=1S/C24H40ClN7/c1-3-13-30(14-4-2)15-7-8-19-11-16-31(17-12-19)29-22-21-23(28-24(25)27-22)32(18-26-21)20-9-5-6-10-20/h18-20H,3-17H2,1-2H3,(H,27,28,29). The van der Waals surface area contributed by atoms with Crippen LogP contribution < -0.4 is 5.43 Å². The van der Waals surface area contributed by atoms with Gasteiger partial charge in [0.05, 0.1) is 6.33 Å². The molecule has 2 aromatic rings. The number of aromatic nitrogens is 4. The van der Waals surface area contributed by atoms with Gasteiger partial charge in [0.25, 0.3) is 0 Å². The van der Waals surface area contributed by atoms with Crippen molar-refractivity contribution in [1.29, 1.82) is 0 Å². The van der Waals surface area contributed by atoms with Crippen LogP contribution in [0.3, 0.4) is 0 Å². The van der Waals surface area contributed by atoms with Crippen LogP contribution in [-0.2, 0) is 0 Å². The highest BCUT2D eigenvalue weighted by atomic mass is 35.5. The lowest BCUT2D eigenvalue weighted by Gasteiger charge is -2.32. The van der Waals surface area contributed by atoms with Crippen molar-refractivity contribution in [3.63, 3.8) is 0 Å². The molecular weight excluding hydrogens is 422 g/mol. The number of rotatable bonds is 11. The van der Waals surface area contributed by atoms with Crippen molar-refractivity contribution < 1.29 is 0 Å². The van der Waals surface area contributed by atoms with E-state index in [1.54, 1.807) is 0 Å². The van der Waals surface area contributed by atoms with E-state index in [1.165, 1.54) is 83.8 Å². The average Bonchev–Trinajstić information content (AvgIpc) is 3.45. The number of hydrogen-bond donors (Lipinski definition) is 1. The lowest BCUT2D eigenvalue weighted by atomic mass is 9.93. The van der Waals surface area contributed by atoms with E-state index in [0.29, 0.717) is 11.3 Å². The number of anilines is 1. The van der Waals surface area contributed by atoms with Gasteiger partial charge in [0.15, 0.2) is 17.0 Å². The number of piperidine rings is 1. The Labute approximate surface area is 197 Å². The van der Waals surface area contributed by atoms with Gasteiger partial charge < -0.3 is 14.9 Å². The zero-order chi connectivity index (χ0) is 22.3. The van der Waals surface area contributed by atoms with Gasteiger partial charge in [0.2, 0.25) is 5.28 Å². The summed E-state index contributed by atoms with van der Waals surface area (Å²) in [5.74, 6) is 1.57. The highest BCUT2D eigenvalue weighted by Crippen LogP contribution is 2.33. The van der Waals surface area contributed by atoms with Gasteiger partial charge in [-0.3, -0.25) is 0 Å². The summed E-state index contributed by atoms with van der Waals surface area (Å²) >= 11 is 6.30. The maximum atomic E-state index is 6.30. The van der Waals surface area contributed by atoms with Crippen molar-refractivity contribution in [3.8, 4) is 0 Å². The average molecular weight is 462 g/mol. The topological polar surface area (TPSA) is 62.1 Å². The number of imidazole rings is 1. The molecule has 1 N–H and O–H groups in total. The molecule has 1 saturated heterocycles. The van der Waals surface area contributed by atoms with Crippen LogP contribution in [0.4, 0.5) is 5.82 Å². The van der Waals surface area contributed by atoms with E-state index in [-0.39, 0.29) is 0 Å². The highest BCUT2D eigenvalue weighted by molar-refractivity contribution is 6.28. The molecule has 3 heterocycles. The second-order valence-electron chi connectivity index (χ2n) is 9.63. The van der Waals surface area contributed by atoms with Gasteiger partial charge in [-0.1, -0.05) is 26.7 Å². The summed E-state index contributed by atoms with van der Waals surface area (Å²) in [6, 6.07) is 0.486. The summed E-state index contributed by atoms with van der Waals surface area (Å²) in [4.78, 5) is 16.3. The Kier molecular flexibility index (Phi) is 8.61. The third-order valence-electron chi connectivity index (χ3n) is 7.16. The molecule has 0 unspecified atom stereocenters. The SMILES string of the molecule is CCCN(CCC)CCCC1CCN(Nc2nc(Cl)nc3c2ncn3C2CCCC2)CC1. The molecule has 1 aliphatic carbocycles. The fourth-order valence-corrected chi connectivity index (χ4v) is 5.64. The van der Waals surface area contributed by atoms with Gasteiger partial charge in [-0.25, -0.2) is 9.99 Å². The fraction of sp³-hybridized carbons (Fsp3) is 0.792. The van der Waals surface area contributed by atoms with Crippen molar-refractivity contribution in [2.45, 2.75) is 84.1 Å². The third-order valence-corrected chi connectivity index (χ3v) is 7.33. The molecule has 1 saturated carbocycles. The molecule has 8 heteroatoms. The summed E-state index contributed by atoms with van der Waals surface area (Å²) in [5.41, 5.74) is 5.20. The summed E-state index contributed by atoms with van der Waals surface area (Å²) in [7, 11) is 0. The van der Waals surface area contributed by atoms with E-state index < -0.39 is 0 Å². The molecule has 0 bridgehead atoms. The molecule has 0 aromatic carbocycles. The minimum Gasteiger partial charge on any atom is -0.312 e. The number of hydrazine groups is 1. The van der Waals surface area contributed by atoms with Gasteiger partial charge in [-0.05, 0) is 88.5 Å². The number of nitrogens with zero attached hydrogens (tertiary/aromatic N) is 6. The number of halogens is 1. The Balaban J connectivity index is 1.29. The maximum Gasteiger partial charge on any atom is 0.226 e. The summed E-state index contributed by atoms with van der Waals surface area (Å²) in [6.45, 7) is 10.4. The minimum atomic E-state index is 0.290. The van der Waals surface area contributed by atoms with Crippen LogP contribution in [0.1, 0.15) is 84.1 Å². The predicted molar refractivity (Wildman–Crippen MR) is 132 cm³/mol. The van der Waals surface area contributed by atoms with E-state index in [2.05, 4.69) is 48.7 Å². The molecule has 1 aliphatic heterocycles. The van der Waals surface area contributed by atoms with Crippen molar-refractivity contribution in [2.75, 3.05) is 38.1 Å². The maximum absolute atomic E-state index is 6.30. The Morgan fingerprint density at radius 1 is 1.03 bits per heavy atom. The molecule has 178 valence electrons. The van der Waals surface area contributed by atoms with Crippen LogP contribution >= 0.6 is 11.6 Å². The molecule has 2 aliphatic rings. The van der Waals surface area contributed by atoms with E-state index in [9.17, 15) is 0 Å². The van der Waals surface area contributed by atoms with Gasteiger partial charge in [-0.15, -0.1) is 0 Å². The quantitative estimate of drug-likeness (QED) is 0.443. The predicted octanol–water partition coefficient (Wildman–Crippen LogP) is 5.54. The normalized spacial score (nSPS) is 18.9. The summed E-state index contributed by atoms with van der Waals surface area (Å²) in [5, 5.41) is 2.57. The number of nitrogens with one attached hydrogen (secondary N) is 1. The van der Waals surface area contributed by atoms with Crippen LogP contribution in [0.2, 0.25) is 5.28 Å². The Morgan fingerprint density at radius 2 is 1.75 bits per heavy atom. The molecular formula is C24H40ClN7. The Hall–Kier alpha value is -1.44. The fourth-order valence-electron chi connectivity index (χ4n) is 5.47. The van der Waals surface area contributed by atoms with Crippen molar-refractivity contribution in [3.05, 3.63) is 11.6 Å². The van der Waals surface area contributed by atoms with Crippen LogP contribution in [0, 0.1) is 5.92 Å². The first-order chi connectivity index (χ1) is 15.7. The van der Waals surface area contributed by atoms with Gasteiger partial charge in [-0.2, -0.15) is 9.97 Å². The van der Waals surface area contributed by atoms with Crippen LogP contribution in [0.15, 0.2) is 6.33 Å². The minimum absolute atomic E-state index is 0.290. The number of hydrogen-bond acceptors (Lipinski definition) is 6. The molecule has 2 fully saturated rings. The molecule has 4 rings (SSSR count). The second-order valence-corrected chi connectivity index (χ2v) is 9.97. The highest BCUT2D eigenvalue weighted by Gasteiger charge is 2.24. The van der Waals surface area contributed by atoms with Crippen molar-refractivity contribution in [2.24, 2.45) is 5.92 Å². The largest absolute Gasteiger partial charge is 0.312 e. The van der Waals surface area contributed by atoms with E-state index >= 15 is 0 Å². The van der Waals surface area contributed by atoms with E-state index in [1.807, 2.05) is 6.33 Å². The zero-order valence-electron chi connectivity index (χ0n) is 19.9. The zero-order valence-corrected chi connectivity index (χ0v) is 20.7. The summed E-state index contributed by atoms with van der Waals surface area (Å²) < 4.78 is 2.20. The Morgan fingerprint density at radius 3 is 2.44 bits per heavy atom. The summed E-state index contributed by atoms with van der Waals surface area (Å²) in [6.07, 6.45) is 14.5. The van der Waals surface area contributed by atoms with Gasteiger partial charge in [0.1, 0.15) is 0 Å². The van der Waals surface area contributed by atoms with E-state index in [0.717, 1.165) is 36.0 Å². The smallest absolute Gasteiger partial charge is 0.226 e. The molecule has 0 amide bonds. The molecule has 0 spiro atoms. The lowest BCUT2D eigenvalue weighted by Crippen LogP contribution is -2.38. The van der Waals surface area contributed by atoms with Crippen molar-refractivity contribution in [1.82, 2.24) is 29.4 Å². The van der Waals surface area contributed by atoms with Crippen LogP contribution in [-0.4, -0.2) is 62.2 Å². The molecule has 32 heavy (non-hydrogen) atoms. The van der Waals surface area contributed by atoms with Crippen LogP contribution in [0.5, 0.6) is 0 Å². The second kappa shape index (κ2) is 11.6. The first-order valence-electron chi connectivity index (χ1n) is 12.8. The third kappa shape index (κ3) is 5.91. The monoisotopic (exact) mass is 461 g/mol. The molecule has 0 radical (unpaired) electrons. The molecule has 7 nitrogen and oxygen atoms in total. The van der Waals surface area contributed by atoms with Crippen LogP contribution in [0.25, 0.3) is 11.2 Å². The molecule has 0 atom stereocenters. The van der Waals surface area contributed by atoms with Crippen molar-refractivity contribution >= 4 is 28.6 Å². The first-order valence-corrected chi connectivity index (χ1v) is 13.2. The van der Waals surface area contributed by atoms with Gasteiger partial charge in [0, 0.05) is 19.1 Å².